The van der Waals surface area contributed by atoms with Gasteiger partial charge >= 0.3 is 0 Å². The Kier molecular flexibility index (Phi) is 6.20. The summed E-state index contributed by atoms with van der Waals surface area (Å²) in [5.41, 5.74) is 5.65. The Bertz CT molecular complexity index is 557. The fraction of sp³-hybridized carbons (Fsp3) is 0.263. The second kappa shape index (κ2) is 7.66. The minimum Gasteiger partial charge on any atom is -0.389 e. The third kappa shape index (κ3) is 4.07. The number of aliphatic hydroxyl groups excluding tert-OH is 1. The predicted octanol–water partition coefficient (Wildman–Crippen LogP) is 5.22. The van der Waals surface area contributed by atoms with Crippen LogP contribution in [-0.4, -0.2) is 5.11 Å². The van der Waals surface area contributed by atoms with E-state index in [0.29, 0.717) is 0 Å². The van der Waals surface area contributed by atoms with E-state index in [9.17, 15) is 5.11 Å². The second-order valence-corrected chi connectivity index (χ2v) is 4.91. The van der Waals surface area contributed by atoms with E-state index in [1.165, 1.54) is 11.1 Å². The van der Waals surface area contributed by atoms with Gasteiger partial charge in [-0.25, -0.2) is 0 Å². The van der Waals surface area contributed by atoms with Crippen LogP contribution in [0.15, 0.2) is 66.3 Å². The van der Waals surface area contributed by atoms with Crippen molar-refractivity contribution in [1.29, 1.82) is 0 Å². The number of hydrogen-bond donors (Lipinski definition) is 1. The monoisotopic (exact) mass is 268 g/mol. The van der Waals surface area contributed by atoms with Crippen LogP contribution in [0.5, 0.6) is 0 Å². The molecule has 0 spiro atoms. The molecule has 1 aromatic rings. The molecule has 1 heteroatoms. The van der Waals surface area contributed by atoms with Crippen LogP contribution in [0.25, 0.3) is 5.57 Å². The molecule has 0 aliphatic carbocycles. The molecule has 1 N–H and O–H groups in total. The molecular formula is C19H24O. The average Bonchev–Trinajstić information content (AvgIpc) is 2.45. The molecule has 1 rings (SSSR count). The predicted molar refractivity (Wildman–Crippen MR) is 88.4 cm³/mol. The molecule has 1 nitrogen and oxygen atoms in total. The summed E-state index contributed by atoms with van der Waals surface area (Å²) < 4.78 is 0. The lowest BCUT2D eigenvalue weighted by atomic mass is 9.94. The van der Waals surface area contributed by atoms with Crippen molar-refractivity contribution in [3.63, 3.8) is 0 Å². The molecule has 20 heavy (non-hydrogen) atoms. The van der Waals surface area contributed by atoms with Crippen LogP contribution >= 0.6 is 0 Å². The normalized spacial score (nSPS) is 15.2. The standard InChI is InChI=1S/C19H24O/c1-6-9-17(10-7-2)14(3)15(4)18-11-8-12-19(13-18)16(5)20/h6-13,16,20H,1H2,2-5H3/b10-7-,15-14-,17-9+. The lowest BCUT2D eigenvalue weighted by Gasteiger charge is -2.12. The molecule has 0 radical (unpaired) electrons. The highest BCUT2D eigenvalue weighted by Crippen LogP contribution is 2.26. The van der Waals surface area contributed by atoms with E-state index >= 15 is 0 Å². The van der Waals surface area contributed by atoms with Crippen molar-refractivity contribution >= 4 is 5.57 Å². The van der Waals surface area contributed by atoms with E-state index in [-0.39, 0.29) is 0 Å². The van der Waals surface area contributed by atoms with Gasteiger partial charge in [0.25, 0.3) is 0 Å². The lowest BCUT2D eigenvalue weighted by Crippen LogP contribution is -1.94. The third-order valence-electron chi connectivity index (χ3n) is 3.44. The maximum Gasteiger partial charge on any atom is 0.0762 e. The Morgan fingerprint density at radius 1 is 1.30 bits per heavy atom. The first kappa shape index (κ1) is 16.2. The SMILES string of the molecule is C=C/C=C(\C=C/C)C(/C)=C(/C)c1cccc(C(C)O)c1. The van der Waals surface area contributed by atoms with Crippen LogP contribution in [0.2, 0.25) is 0 Å². The molecule has 106 valence electrons. The van der Waals surface area contributed by atoms with E-state index in [0.717, 1.165) is 16.7 Å². The van der Waals surface area contributed by atoms with E-state index < -0.39 is 6.10 Å². The van der Waals surface area contributed by atoms with Crippen LogP contribution in [0.1, 0.15) is 44.9 Å². The van der Waals surface area contributed by atoms with Crippen molar-refractivity contribution in [1.82, 2.24) is 0 Å². The summed E-state index contributed by atoms with van der Waals surface area (Å²) in [7, 11) is 0. The number of hydrogen-bond acceptors (Lipinski definition) is 1. The van der Waals surface area contributed by atoms with Crippen molar-refractivity contribution in [2.45, 2.75) is 33.8 Å². The van der Waals surface area contributed by atoms with Crippen molar-refractivity contribution in [2.24, 2.45) is 0 Å². The van der Waals surface area contributed by atoms with Crippen molar-refractivity contribution in [3.05, 3.63) is 77.4 Å². The van der Waals surface area contributed by atoms with Gasteiger partial charge in [0.15, 0.2) is 0 Å². The van der Waals surface area contributed by atoms with E-state index in [4.69, 9.17) is 0 Å². The van der Waals surface area contributed by atoms with Gasteiger partial charge in [-0.1, -0.05) is 49.1 Å². The van der Waals surface area contributed by atoms with Gasteiger partial charge in [-0.05, 0) is 61.6 Å². The topological polar surface area (TPSA) is 20.2 Å². The van der Waals surface area contributed by atoms with Gasteiger partial charge in [0.05, 0.1) is 6.10 Å². The molecule has 0 bridgehead atoms. The molecule has 0 aliphatic heterocycles. The van der Waals surface area contributed by atoms with Gasteiger partial charge in [0, 0.05) is 0 Å². The molecule has 1 atom stereocenters. The van der Waals surface area contributed by atoms with Gasteiger partial charge < -0.3 is 5.11 Å². The first-order valence-corrected chi connectivity index (χ1v) is 6.93. The Balaban J connectivity index is 3.29. The highest BCUT2D eigenvalue weighted by Gasteiger charge is 2.06. The summed E-state index contributed by atoms with van der Waals surface area (Å²) in [6, 6.07) is 8.06. The zero-order chi connectivity index (χ0) is 15.1. The van der Waals surface area contributed by atoms with Gasteiger partial charge in [-0.3, -0.25) is 0 Å². The van der Waals surface area contributed by atoms with E-state index in [1.54, 1.807) is 13.0 Å². The van der Waals surface area contributed by atoms with Crippen molar-refractivity contribution in [3.8, 4) is 0 Å². The smallest absolute Gasteiger partial charge is 0.0762 e. The maximum absolute atomic E-state index is 9.69. The molecule has 1 aromatic carbocycles. The maximum atomic E-state index is 9.69. The average molecular weight is 268 g/mol. The summed E-state index contributed by atoms with van der Waals surface area (Å²) in [4.78, 5) is 0. The molecule has 0 amide bonds. The second-order valence-electron chi connectivity index (χ2n) is 4.91. The fourth-order valence-electron chi connectivity index (χ4n) is 2.08. The van der Waals surface area contributed by atoms with Crippen molar-refractivity contribution < 1.29 is 5.11 Å². The van der Waals surface area contributed by atoms with Crippen LogP contribution in [0, 0.1) is 0 Å². The molecule has 0 fully saturated rings. The largest absolute Gasteiger partial charge is 0.389 e. The number of allylic oxidation sites excluding steroid dienone is 7. The van der Waals surface area contributed by atoms with Crippen molar-refractivity contribution in [2.75, 3.05) is 0 Å². The van der Waals surface area contributed by atoms with Crippen LogP contribution in [0.4, 0.5) is 0 Å². The summed E-state index contributed by atoms with van der Waals surface area (Å²) >= 11 is 0. The van der Waals surface area contributed by atoms with E-state index in [2.05, 4.69) is 32.6 Å². The Hall–Kier alpha value is -1.86. The molecule has 0 saturated carbocycles. The molecule has 0 aliphatic rings. The molecule has 0 aromatic heterocycles. The van der Waals surface area contributed by atoms with Gasteiger partial charge in [-0.2, -0.15) is 0 Å². The summed E-state index contributed by atoms with van der Waals surface area (Å²) in [6.07, 6.45) is 7.48. The first-order chi connectivity index (χ1) is 9.51. The Labute approximate surface area is 122 Å². The fourth-order valence-corrected chi connectivity index (χ4v) is 2.08. The molecule has 0 heterocycles. The highest BCUT2D eigenvalue weighted by atomic mass is 16.3. The minimum absolute atomic E-state index is 0.443. The van der Waals surface area contributed by atoms with Gasteiger partial charge in [-0.15, -0.1) is 0 Å². The van der Waals surface area contributed by atoms with E-state index in [1.807, 2.05) is 37.3 Å². The summed E-state index contributed by atoms with van der Waals surface area (Å²) in [5.74, 6) is 0. The number of aliphatic hydroxyl groups is 1. The Morgan fingerprint density at radius 3 is 2.55 bits per heavy atom. The quantitative estimate of drug-likeness (QED) is 0.726. The molecule has 0 saturated heterocycles. The number of benzene rings is 1. The van der Waals surface area contributed by atoms with Crippen LogP contribution in [-0.2, 0) is 0 Å². The lowest BCUT2D eigenvalue weighted by molar-refractivity contribution is 0.199. The number of rotatable bonds is 5. The van der Waals surface area contributed by atoms with Gasteiger partial charge in [0.2, 0.25) is 0 Å². The van der Waals surface area contributed by atoms with Gasteiger partial charge in [0.1, 0.15) is 0 Å². The zero-order valence-electron chi connectivity index (χ0n) is 12.9. The molecular weight excluding hydrogens is 244 g/mol. The zero-order valence-corrected chi connectivity index (χ0v) is 12.9. The Morgan fingerprint density at radius 2 is 2.00 bits per heavy atom. The first-order valence-electron chi connectivity index (χ1n) is 6.93. The minimum atomic E-state index is -0.443. The summed E-state index contributed by atoms with van der Waals surface area (Å²) in [6.45, 7) is 11.8. The van der Waals surface area contributed by atoms with Crippen LogP contribution in [0.3, 0.4) is 0 Å². The summed E-state index contributed by atoms with van der Waals surface area (Å²) in [5, 5.41) is 9.69. The van der Waals surface area contributed by atoms with Crippen LogP contribution < -0.4 is 0 Å². The highest BCUT2D eigenvalue weighted by molar-refractivity contribution is 5.72. The third-order valence-corrected chi connectivity index (χ3v) is 3.44. The molecule has 1 unspecified atom stereocenters.